The molecule has 0 aliphatic heterocycles. The molecule has 0 fully saturated rings. The fraction of sp³-hybridized carbons (Fsp3) is 0.188. The lowest BCUT2D eigenvalue weighted by molar-refractivity contribution is 0.101. The third kappa shape index (κ3) is 6.40. The van der Waals surface area contributed by atoms with Gasteiger partial charge in [-0.05, 0) is 72.5 Å². The van der Waals surface area contributed by atoms with E-state index in [-0.39, 0.29) is 27.5 Å². The minimum absolute atomic E-state index is 0.0141. The largest absolute Gasteiger partial charge is 0.322 e. The Balaban J connectivity index is 1.51. The van der Waals surface area contributed by atoms with Crippen LogP contribution < -0.4 is 14.9 Å². The summed E-state index contributed by atoms with van der Waals surface area (Å²) >= 11 is 0. The smallest absolute Gasteiger partial charge is 0.264 e. The molecule has 2 amide bonds. The highest BCUT2D eigenvalue weighted by Crippen LogP contribution is 2.27. The number of aryl methyl sites for hydroxylation is 1. The number of para-hydroxylation sites is 1. The molecule has 0 unspecified atom stereocenters. The van der Waals surface area contributed by atoms with E-state index in [0.717, 1.165) is 15.4 Å². The van der Waals surface area contributed by atoms with Crippen molar-refractivity contribution >= 4 is 38.9 Å². The number of sulfonamides is 1. The Bertz CT molecular complexity index is 1640. The van der Waals surface area contributed by atoms with Crippen LogP contribution in [-0.2, 0) is 15.4 Å². The first-order chi connectivity index (χ1) is 18.9. The molecule has 2 N–H and O–H groups in total. The topological polar surface area (TPSA) is 95.6 Å². The minimum Gasteiger partial charge on any atom is -0.322 e. The molecule has 0 saturated heterocycles. The first-order valence-electron chi connectivity index (χ1n) is 12.8. The molecule has 0 heterocycles. The summed E-state index contributed by atoms with van der Waals surface area (Å²) in [6.07, 6.45) is 0. The molecule has 4 aromatic rings. The molecule has 0 saturated carbocycles. The normalized spacial score (nSPS) is 11.5. The van der Waals surface area contributed by atoms with Crippen LogP contribution in [0.1, 0.15) is 52.6 Å². The summed E-state index contributed by atoms with van der Waals surface area (Å²) in [4.78, 5) is 26.2. The second-order valence-corrected chi connectivity index (χ2v) is 12.6. The summed E-state index contributed by atoms with van der Waals surface area (Å²) in [5.41, 5.74) is 3.97. The second-order valence-electron chi connectivity index (χ2n) is 10.6. The lowest BCUT2D eigenvalue weighted by Gasteiger charge is -2.22. The average Bonchev–Trinajstić information content (AvgIpc) is 2.92. The standard InChI is InChI=1S/C32H33N3O4S/c1-22-13-19-27(20-14-22)40(38,39)35(5)29-12-7-6-11-28(29)31(37)34-26-10-8-9-25(21-26)33-30(36)23-15-17-24(18-16-23)32(2,3)4/h6-21H,1-5H3,(H,33,36)(H,34,37). The predicted octanol–water partition coefficient (Wildman–Crippen LogP) is 6.62. The van der Waals surface area contributed by atoms with Gasteiger partial charge in [-0.2, -0.15) is 0 Å². The van der Waals surface area contributed by atoms with E-state index < -0.39 is 15.9 Å². The number of rotatable bonds is 7. The van der Waals surface area contributed by atoms with Crippen LogP contribution in [0, 0.1) is 6.92 Å². The van der Waals surface area contributed by atoms with E-state index in [1.165, 1.54) is 7.05 Å². The zero-order valence-electron chi connectivity index (χ0n) is 23.2. The van der Waals surface area contributed by atoms with Crippen LogP contribution >= 0.6 is 0 Å². The number of anilines is 3. The number of amides is 2. The Labute approximate surface area is 235 Å². The van der Waals surface area contributed by atoms with Crippen molar-refractivity contribution in [3.63, 3.8) is 0 Å². The average molecular weight is 556 g/mol. The monoisotopic (exact) mass is 555 g/mol. The molecule has 40 heavy (non-hydrogen) atoms. The Hall–Kier alpha value is -4.43. The van der Waals surface area contributed by atoms with Crippen molar-refractivity contribution in [3.05, 3.63) is 119 Å². The summed E-state index contributed by atoms with van der Waals surface area (Å²) in [6, 6.07) is 27.3. The van der Waals surface area contributed by atoms with Gasteiger partial charge < -0.3 is 10.6 Å². The third-order valence-corrected chi connectivity index (χ3v) is 8.34. The van der Waals surface area contributed by atoms with Crippen molar-refractivity contribution in [2.45, 2.75) is 38.0 Å². The number of hydrogen-bond donors (Lipinski definition) is 2. The molecule has 4 aromatic carbocycles. The highest BCUT2D eigenvalue weighted by atomic mass is 32.2. The molecule has 0 radical (unpaired) electrons. The molecule has 7 nitrogen and oxygen atoms in total. The van der Waals surface area contributed by atoms with Crippen molar-refractivity contribution < 1.29 is 18.0 Å². The summed E-state index contributed by atoms with van der Waals surface area (Å²) in [6.45, 7) is 8.22. The van der Waals surface area contributed by atoms with E-state index in [1.807, 2.05) is 19.1 Å². The summed E-state index contributed by atoms with van der Waals surface area (Å²) in [7, 11) is -2.47. The number of hydrogen-bond acceptors (Lipinski definition) is 4. The fourth-order valence-electron chi connectivity index (χ4n) is 4.14. The first-order valence-corrected chi connectivity index (χ1v) is 14.3. The van der Waals surface area contributed by atoms with Crippen LogP contribution in [0.3, 0.4) is 0 Å². The van der Waals surface area contributed by atoms with Gasteiger partial charge in [0.2, 0.25) is 0 Å². The number of carbonyl (C=O) groups is 2. The van der Waals surface area contributed by atoms with Crippen LogP contribution in [0.4, 0.5) is 17.1 Å². The quantitative estimate of drug-likeness (QED) is 0.268. The zero-order chi connectivity index (χ0) is 29.1. The Kier molecular flexibility index (Phi) is 8.11. The summed E-state index contributed by atoms with van der Waals surface area (Å²) in [5, 5.41) is 5.68. The summed E-state index contributed by atoms with van der Waals surface area (Å²) < 4.78 is 27.6. The van der Waals surface area contributed by atoms with Gasteiger partial charge in [-0.25, -0.2) is 8.42 Å². The molecule has 8 heteroatoms. The van der Waals surface area contributed by atoms with Crippen molar-refractivity contribution in [3.8, 4) is 0 Å². The predicted molar refractivity (Wildman–Crippen MR) is 161 cm³/mol. The third-order valence-electron chi connectivity index (χ3n) is 6.56. The van der Waals surface area contributed by atoms with Gasteiger partial charge in [0, 0.05) is 24.0 Å². The minimum atomic E-state index is -3.89. The maximum atomic E-state index is 13.3. The number of carbonyl (C=O) groups excluding carboxylic acids is 2. The Morgan fingerprint density at radius 1 is 0.725 bits per heavy atom. The van der Waals surface area contributed by atoms with Gasteiger partial charge in [-0.3, -0.25) is 13.9 Å². The molecule has 0 atom stereocenters. The van der Waals surface area contributed by atoms with Crippen molar-refractivity contribution in [1.29, 1.82) is 0 Å². The van der Waals surface area contributed by atoms with Crippen molar-refractivity contribution in [2.75, 3.05) is 22.0 Å². The molecule has 4 rings (SSSR count). The van der Waals surface area contributed by atoms with Gasteiger partial charge in [0.05, 0.1) is 16.1 Å². The van der Waals surface area contributed by atoms with Gasteiger partial charge >= 0.3 is 0 Å². The van der Waals surface area contributed by atoms with Crippen molar-refractivity contribution in [1.82, 2.24) is 0 Å². The molecule has 0 aromatic heterocycles. The number of nitrogens with one attached hydrogen (secondary N) is 2. The molecule has 0 aliphatic rings. The van der Waals surface area contributed by atoms with Crippen LogP contribution in [0.25, 0.3) is 0 Å². The van der Waals surface area contributed by atoms with Gasteiger partial charge in [-0.15, -0.1) is 0 Å². The van der Waals surface area contributed by atoms with E-state index in [1.54, 1.807) is 84.9 Å². The first kappa shape index (κ1) is 28.6. The molecule has 0 bridgehead atoms. The van der Waals surface area contributed by atoms with E-state index in [4.69, 9.17) is 0 Å². The maximum Gasteiger partial charge on any atom is 0.264 e. The highest BCUT2D eigenvalue weighted by Gasteiger charge is 2.25. The fourth-order valence-corrected chi connectivity index (χ4v) is 5.35. The second kappa shape index (κ2) is 11.4. The van der Waals surface area contributed by atoms with Gasteiger partial charge in [0.1, 0.15) is 0 Å². The maximum absolute atomic E-state index is 13.3. The molecule has 0 aliphatic carbocycles. The number of benzene rings is 4. The number of nitrogens with zero attached hydrogens (tertiary/aromatic N) is 1. The lowest BCUT2D eigenvalue weighted by atomic mass is 9.87. The van der Waals surface area contributed by atoms with Crippen LogP contribution in [0.2, 0.25) is 0 Å². The van der Waals surface area contributed by atoms with Gasteiger partial charge in [0.25, 0.3) is 21.8 Å². The molecule has 206 valence electrons. The zero-order valence-corrected chi connectivity index (χ0v) is 24.0. The Morgan fingerprint density at radius 2 is 1.30 bits per heavy atom. The SMILES string of the molecule is Cc1ccc(S(=O)(=O)N(C)c2ccccc2C(=O)Nc2cccc(NC(=O)c3ccc(C(C)(C)C)cc3)c2)cc1. The molecule has 0 spiro atoms. The van der Waals surface area contributed by atoms with E-state index in [9.17, 15) is 18.0 Å². The van der Waals surface area contributed by atoms with E-state index in [2.05, 4.69) is 31.4 Å². The highest BCUT2D eigenvalue weighted by molar-refractivity contribution is 7.92. The van der Waals surface area contributed by atoms with E-state index >= 15 is 0 Å². The van der Waals surface area contributed by atoms with Gasteiger partial charge in [0.15, 0.2) is 0 Å². The van der Waals surface area contributed by atoms with Crippen LogP contribution in [-0.4, -0.2) is 27.3 Å². The molecular formula is C32H33N3O4S. The van der Waals surface area contributed by atoms with Crippen LogP contribution in [0.15, 0.2) is 102 Å². The summed E-state index contributed by atoms with van der Waals surface area (Å²) in [5.74, 6) is -0.750. The van der Waals surface area contributed by atoms with Crippen LogP contribution in [0.5, 0.6) is 0 Å². The van der Waals surface area contributed by atoms with Crippen molar-refractivity contribution in [2.24, 2.45) is 0 Å². The lowest BCUT2D eigenvalue weighted by Crippen LogP contribution is -2.29. The molecular weight excluding hydrogens is 522 g/mol. The Morgan fingerprint density at radius 3 is 1.90 bits per heavy atom. The van der Waals surface area contributed by atoms with E-state index in [0.29, 0.717) is 16.9 Å². The van der Waals surface area contributed by atoms with Gasteiger partial charge in [-0.1, -0.05) is 68.8 Å².